The Morgan fingerprint density at radius 1 is 1.08 bits per heavy atom. The molecule has 2 aromatic rings. The molecule has 1 aliphatic heterocycles. The molecule has 3 rings (SSSR count). The number of nitrogens with zero attached hydrogens (tertiary/aromatic N) is 3. The summed E-state index contributed by atoms with van der Waals surface area (Å²) in [6, 6.07) is 10.7. The minimum Gasteiger partial charge on any atom is -0.481 e. The third-order valence-corrected chi connectivity index (χ3v) is 4.99. The molecule has 2 heterocycles. The van der Waals surface area contributed by atoms with E-state index in [1.807, 2.05) is 0 Å². The molecule has 0 atom stereocenters. The van der Waals surface area contributed by atoms with Crippen LogP contribution in [0, 0.1) is 13.8 Å². The van der Waals surface area contributed by atoms with E-state index < -0.39 is 0 Å². The molecule has 0 saturated carbocycles. The summed E-state index contributed by atoms with van der Waals surface area (Å²) < 4.78 is 5.58. The number of piperazine rings is 1. The van der Waals surface area contributed by atoms with Crippen LogP contribution in [0.2, 0.25) is 0 Å². The molecular formula is C21H27N3O. The Bertz CT molecular complexity index is 777. The lowest BCUT2D eigenvalue weighted by Crippen LogP contribution is -2.45. The molecule has 1 aromatic heterocycles. The number of benzene rings is 1. The molecule has 132 valence electrons. The van der Waals surface area contributed by atoms with Crippen LogP contribution in [0.25, 0.3) is 11.1 Å². The summed E-state index contributed by atoms with van der Waals surface area (Å²) in [5.74, 6) is 1.69. The van der Waals surface area contributed by atoms with Gasteiger partial charge in [0.05, 0.1) is 7.11 Å². The molecule has 0 bridgehead atoms. The van der Waals surface area contributed by atoms with Gasteiger partial charge in [-0.25, -0.2) is 0 Å². The summed E-state index contributed by atoms with van der Waals surface area (Å²) in [7, 11) is 1.69. The van der Waals surface area contributed by atoms with Crippen LogP contribution in [0.15, 0.2) is 42.6 Å². The summed E-state index contributed by atoms with van der Waals surface area (Å²) >= 11 is 0. The molecule has 0 N–H and O–H groups in total. The van der Waals surface area contributed by atoms with Gasteiger partial charge in [0.25, 0.3) is 0 Å². The lowest BCUT2D eigenvalue weighted by atomic mass is 9.97. The third-order valence-electron chi connectivity index (χ3n) is 4.99. The van der Waals surface area contributed by atoms with Crippen LogP contribution < -0.4 is 9.64 Å². The fourth-order valence-corrected chi connectivity index (χ4v) is 3.41. The van der Waals surface area contributed by atoms with E-state index >= 15 is 0 Å². The predicted molar refractivity (Wildman–Crippen MR) is 104 cm³/mol. The number of methoxy groups -OCH3 is 1. The molecule has 4 heteroatoms. The Balaban J connectivity index is 1.98. The van der Waals surface area contributed by atoms with E-state index in [1.165, 1.54) is 16.7 Å². The largest absolute Gasteiger partial charge is 0.481 e. The van der Waals surface area contributed by atoms with E-state index in [-0.39, 0.29) is 0 Å². The van der Waals surface area contributed by atoms with Gasteiger partial charge in [-0.15, -0.1) is 0 Å². The Morgan fingerprint density at radius 3 is 2.36 bits per heavy atom. The van der Waals surface area contributed by atoms with Crippen molar-refractivity contribution in [3.05, 3.63) is 53.7 Å². The van der Waals surface area contributed by atoms with E-state index in [1.54, 1.807) is 7.11 Å². The zero-order valence-corrected chi connectivity index (χ0v) is 15.7. The van der Waals surface area contributed by atoms with Gasteiger partial charge in [0.2, 0.25) is 5.88 Å². The Labute approximate surface area is 150 Å². The third kappa shape index (κ3) is 3.48. The first kappa shape index (κ1) is 17.3. The Hall–Kier alpha value is -2.49. The minimum atomic E-state index is 0.707. The van der Waals surface area contributed by atoms with Gasteiger partial charge in [-0.1, -0.05) is 30.8 Å². The zero-order valence-electron chi connectivity index (χ0n) is 15.7. The first-order valence-corrected chi connectivity index (χ1v) is 8.78. The van der Waals surface area contributed by atoms with Gasteiger partial charge in [0.1, 0.15) is 5.82 Å². The quantitative estimate of drug-likeness (QED) is 0.842. The number of ether oxygens (including phenoxy) is 1. The molecule has 4 nitrogen and oxygen atoms in total. The summed E-state index contributed by atoms with van der Waals surface area (Å²) in [6.07, 6.45) is 0. The lowest BCUT2D eigenvalue weighted by molar-refractivity contribution is 0.322. The van der Waals surface area contributed by atoms with Crippen molar-refractivity contribution in [2.75, 3.05) is 38.2 Å². The molecule has 0 unspecified atom stereocenters. The molecular weight excluding hydrogens is 310 g/mol. The van der Waals surface area contributed by atoms with E-state index in [0.29, 0.717) is 5.88 Å². The fraction of sp³-hybridized carbons (Fsp3) is 0.381. The molecule has 0 aliphatic carbocycles. The smallest absolute Gasteiger partial charge is 0.218 e. The summed E-state index contributed by atoms with van der Waals surface area (Å²) in [5, 5.41) is 0. The number of hydrogen-bond acceptors (Lipinski definition) is 4. The van der Waals surface area contributed by atoms with Crippen molar-refractivity contribution in [3.8, 4) is 17.0 Å². The Morgan fingerprint density at radius 2 is 1.76 bits per heavy atom. The van der Waals surface area contributed by atoms with Gasteiger partial charge in [-0.3, -0.25) is 0 Å². The van der Waals surface area contributed by atoms with E-state index in [2.05, 4.69) is 67.5 Å². The molecule has 1 aliphatic rings. The highest BCUT2D eigenvalue weighted by Gasteiger charge is 2.20. The number of rotatable bonds is 4. The van der Waals surface area contributed by atoms with Crippen LogP contribution in [-0.4, -0.2) is 43.2 Å². The van der Waals surface area contributed by atoms with Crippen molar-refractivity contribution in [1.82, 2.24) is 9.88 Å². The van der Waals surface area contributed by atoms with Crippen LogP contribution >= 0.6 is 0 Å². The number of hydrogen-bond donors (Lipinski definition) is 0. The summed E-state index contributed by atoms with van der Waals surface area (Å²) in [6.45, 7) is 14.2. The molecule has 25 heavy (non-hydrogen) atoms. The van der Waals surface area contributed by atoms with Gasteiger partial charge >= 0.3 is 0 Å². The zero-order chi connectivity index (χ0) is 18.0. The molecule has 0 amide bonds. The summed E-state index contributed by atoms with van der Waals surface area (Å²) in [5.41, 5.74) is 5.91. The van der Waals surface area contributed by atoms with E-state index in [9.17, 15) is 0 Å². The van der Waals surface area contributed by atoms with E-state index in [0.717, 1.165) is 43.3 Å². The van der Waals surface area contributed by atoms with Crippen molar-refractivity contribution in [2.24, 2.45) is 0 Å². The topological polar surface area (TPSA) is 28.6 Å². The number of anilines is 1. The summed E-state index contributed by atoms with van der Waals surface area (Å²) in [4.78, 5) is 9.42. The van der Waals surface area contributed by atoms with Gasteiger partial charge in [-0.05, 0) is 43.5 Å². The highest BCUT2D eigenvalue weighted by molar-refractivity contribution is 5.74. The van der Waals surface area contributed by atoms with Crippen molar-refractivity contribution in [2.45, 2.75) is 20.8 Å². The standard InChI is InChI=1S/C21H27N3O/c1-15(2)23-10-12-24(13-11-23)20-14-19(17(4)21(22-20)25-5)18-9-7-6-8-16(18)3/h6-9,14H,1,10-13H2,2-5H3. The van der Waals surface area contributed by atoms with Gasteiger partial charge in [0.15, 0.2) is 0 Å². The van der Waals surface area contributed by atoms with Crippen molar-refractivity contribution < 1.29 is 4.74 Å². The second-order valence-corrected chi connectivity index (χ2v) is 6.69. The normalized spacial score (nSPS) is 14.6. The molecule has 1 saturated heterocycles. The second-order valence-electron chi connectivity index (χ2n) is 6.69. The Kier molecular flexibility index (Phi) is 4.98. The van der Waals surface area contributed by atoms with Crippen LogP contribution in [0.5, 0.6) is 5.88 Å². The first-order valence-electron chi connectivity index (χ1n) is 8.78. The highest BCUT2D eigenvalue weighted by Crippen LogP contribution is 2.34. The molecule has 1 aromatic carbocycles. The average Bonchev–Trinajstić information content (AvgIpc) is 2.63. The highest BCUT2D eigenvalue weighted by atomic mass is 16.5. The van der Waals surface area contributed by atoms with Crippen LogP contribution in [0.3, 0.4) is 0 Å². The molecule has 0 radical (unpaired) electrons. The maximum absolute atomic E-state index is 5.58. The van der Waals surface area contributed by atoms with Gasteiger partial charge in [0, 0.05) is 37.4 Å². The van der Waals surface area contributed by atoms with Gasteiger partial charge in [-0.2, -0.15) is 4.98 Å². The lowest BCUT2D eigenvalue weighted by Gasteiger charge is -2.37. The predicted octanol–water partition coefficient (Wildman–Crippen LogP) is 4.03. The number of aromatic nitrogens is 1. The molecule has 1 fully saturated rings. The minimum absolute atomic E-state index is 0.707. The monoisotopic (exact) mass is 337 g/mol. The average molecular weight is 337 g/mol. The number of aryl methyl sites for hydroxylation is 1. The number of allylic oxidation sites excluding steroid dienone is 1. The maximum atomic E-state index is 5.58. The van der Waals surface area contributed by atoms with Crippen molar-refractivity contribution >= 4 is 5.82 Å². The van der Waals surface area contributed by atoms with E-state index in [4.69, 9.17) is 9.72 Å². The van der Waals surface area contributed by atoms with Crippen LogP contribution in [0.4, 0.5) is 5.82 Å². The van der Waals surface area contributed by atoms with Crippen molar-refractivity contribution in [3.63, 3.8) is 0 Å². The second kappa shape index (κ2) is 7.18. The van der Waals surface area contributed by atoms with Crippen LogP contribution in [-0.2, 0) is 0 Å². The molecule has 0 spiro atoms. The van der Waals surface area contributed by atoms with Crippen molar-refractivity contribution in [1.29, 1.82) is 0 Å². The van der Waals surface area contributed by atoms with Gasteiger partial charge < -0.3 is 14.5 Å². The SMILES string of the molecule is C=C(C)N1CCN(c2cc(-c3ccccc3C)c(C)c(OC)n2)CC1. The maximum Gasteiger partial charge on any atom is 0.218 e. The fourth-order valence-electron chi connectivity index (χ4n) is 3.41. The number of pyridine rings is 1. The van der Waals surface area contributed by atoms with Crippen LogP contribution in [0.1, 0.15) is 18.1 Å². The first-order chi connectivity index (χ1) is 12.0.